The van der Waals surface area contributed by atoms with E-state index in [4.69, 9.17) is 0 Å². The minimum Gasteiger partial charge on any atom is -0.350 e. The molecule has 0 saturated carbocycles. The Hall–Kier alpha value is -2.17. The van der Waals surface area contributed by atoms with Gasteiger partial charge in [0, 0.05) is 19.2 Å². The zero-order valence-electron chi connectivity index (χ0n) is 12.8. The van der Waals surface area contributed by atoms with Gasteiger partial charge in [0.15, 0.2) is 0 Å². The first-order chi connectivity index (χ1) is 10.2. The molecule has 0 unspecified atom stereocenters. The molecule has 112 valence electrons. The van der Waals surface area contributed by atoms with Crippen LogP contribution in [0.1, 0.15) is 32.4 Å². The molecule has 0 aromatic carbocycles. The molecule has 2 aromatic heterocycles. The second-order valence-electron chi connectivity index (χ2n) is 5.09. The molecule has 2 heterocycles. The standard InChI is InChI=1S/C16H22N4O/c1-4-12(5-2)16(21)18-11-13-10-15(20(3)19-13)14-8-6-7-9-17-14/h6-10,12H,4-5,11H2,1-3H3,(H,18,21). The Balaban J connectivity index is 2.05. The fourth-order valence-corrected chi connectivity index (χ4v) is 2.35. The Labute approximate surface area is 125 Å². The zero-order chi connectivity index (χ0) is 15.2. The number of hydrogen-bond acceptors (Lipinski definition) is 3. The van der Waals surface area contributed by atoms with Gasteiger partial charge >= 0.3 is 0 Å². The third kappa shape index (κ3) is 3.68. The Morgan fingerprint density at radius 3 is 2.71 bits per heavy atom. The second-order valence-corrected chi connectivity index (χ2v) is 5.09. The molecule has 2 rings (SSSR count). The molecule has 1 N–H and O–H groups in total. The molecule has 0 saturated heterocycles. The lowest BCUT2D eigenvalue weighted by Gasteiger charge is -2.11. The fraction of sp³-hybridized carbons (Fsp3) is 0.438. The zero-order valence-corrected chi connectivity index (χ0v) is 12.8. The van der Waals surface area contributed by atoms with E-state index in [2.05, 4.69) is 15.4 Å². The van der Waals surface area contributed by atoms with E-state index in [9.17, 15) is 4.79 Å². The number of carbonyl (C=O) groups is 1. The number of aromatic nitrogens is 3. The van der Waals surface area contributed by atoms with E-state index in [0.29, 0.717) is 6.54 Å². The molecule has 1 amide bonds. The Kier molecular flexibility index (Phi) is 5.09. The van der Waals surface area contributed by atoms with Gasteiger partial charge < -0.3 is 5.32 Å². The van der Waals surface area contributed by atoms with Crippen LogP contribution < -0.4 is 5.32 Å². The first kappa shape index (κ1) is 15.2. The number of rotatable bonds is 6. The summed E-state index contributed by atoms with van der Waals surface area (Å²) in [6.45, 7) is 4.53. The molecular formula is C16H22N4O. The van der Waals surface area contributed by atoms with Crippen LogP contribution in [0.4, 0.5) is 0 Å². The normalized spacial score (nSPS) is 10.9. The molecule has 0 spiro atoms. The summed E-state index contributed by atoms with van der Waals surface area (Å²) in [5.41, 5.74) is 2.67. The van der Waals surface area contributed by atoms with Crippen LogP contribution in [-0.2, 0) is 18.4 Å². The summed E-state index contributed by atoms with van der Waals surface area (Å²) < 4.78 is 1.79. The summed E-state index contributed by atoms with van der Waals surface area (Å²) in [5.74, 6) is 0.189. The number of nitrogens with one attached hydrogen (secondary N) is 1. The summed E-state index contributed by atoms with van der Waals surface area (Å²) in [6.07, 6.45) is 3.49. The third-order valence-corrected chi connectivity index (χ3v) is 3.66. The number of hydrogen-bond donors (Lipinski definition) is 1. The highest BCUT2D eigenvalue weighted by Gasteiger charge is 2.14. The average Bonchev–Trinajstić information content (AvgIpc) is 2.88. The smallest absolute Gasteiger partial charge is 0.223 e. The molecule has 2 aromatic rings. The van der Waals surface area contributed by atoms with Crippen molar-refractivity contribution in [2.24, 2.45) is 13.0 Å². The minimum absolute atomic E-state index is 0.0870. The lowest BCUT2D eigenvalue weighted by atomic mass is 10.0. The minimum atomic E-state index is 0.0870. The molecule has 0 bridgehead atoms. The number of amides is 1. The molecule has 0 radical (unpaired) electrons. The Bertz CT molecular complexity index is 588. The Morgan fingerprint density at radius 1 is 1.33 bits per heavy atom. The predicted molar refractivity (Wildman–Crippen MR) is 82.4 cm³/mol. The average molecular weight is 286 g/mol. The largest absolute Gasteiger partial charge is 0.350 e. The van der Waals surface area contributed by atoms with Crippen molar-refractivity contribution in [2.75, 3.05) is 0 Å². The quantitative estimate of drug-likeness (QED) is 0.887. The molecule has 5 heteroatoms. The van der Waals surface area contributed by atoms with E-state index >= 15 is 0 Å². The maximum absolute atomic E-state index is 12.0. The number of pyridine rings is 1. The fourth-order valence-electron chi connectivity index (χ4n) is 2.35. The van der Waals surface area contributed by atoms with E-state index in [-0.39, 0.29) is 11.8 Å². The highest BCUT2D eigenvalue weighted by atomic mass is 16.1. The first-order valence-electron chi connectivity index (χ1n) is 7.37. The van der Waals surface area contributed by atoms with Crippen LogP contribution in [-0.4, -0.2) is 20.7 Å². The van der Waals surface area contributed by atoms with Crippen molar-refractivity contribution >= 4 is 5.91 Å². The van der Waals surface area contributed by atoms with Gasteiger partial charge in [0.05, 0.1) is 23.6 Å². The molecule has 0 aliphatic rings. The molecule has 0 fully saturated rings. The van der Waals surface area contributed by atoms with Gasteiger partial charge in [-0.3, -0.25) is 14.5 Å². The van der Waals surface area contributed by atoms with E-state index < -0.39 is 0 Å². The summed E-state index contributed by atoms with van der Waals surface area (Å²) in [5, 5.41) is 7.39. The van der Waals surface area contributed by atoms with Crippen molar-refractivity contribution in [1.82, 2.24) is 20.1 Å². The Morgan fingerprint density at radius 2 is 2.10 bits per heavy atom. The van der Waals surface area contributed by atoms with Crippen molar-refractivity contribution < 1.29 is 4.79 Å². The number of nitrogens with zero attached hydrogens (tertiary/aromatic N) is 3. The molecule has 0 aliphatic carbocycles. The lowest BCUT2D eigenvalue weighted by Crippen LogP contribution is -2.29. The van der Waals surface area contributed by atoms with Crippen molar-refractivity contribution in [1.29, 1.82) is 0 Å². The third-order valence-electron chi connectivity index (χ3n) is 3.66. The molecule has 5 nitrogen and oxygen atoms in total. The van der Waals surface area contributed by atoms with Gasteiger partial charge in [0.25, 0.3) is 0 Å². The van der Waals surface area contributed by atoms with Gasteiger partial charge in [0.2, 0.25) is 5.91 Å². The van der Waals surface area contributed by atoms with Gasteiger partial charge in [-0.1, -0.05) is 19.9 Å². The number of aryl methyl sites for hydroxylation is 1. The van der Waals surface area contributed by atoms with Crippen LogP contribution in [0.25, 0.3) is 11.4 Å². The van der Waals surface area contributed by atoms with Gasteiger partial charge in [-0.05, 0) is 31.0 Å². The van der Waals surface area contributed by atoms with Crippen LogP contribution in [0.2, 0.25) is 0 Å². The van der Waals surface area contributed by atoms with Gasteiger partial charge in [-0.2, -0.15) is 5.10 Å². The van der Waals surface area contributed by atoms with E-state index in [1.807, 2.05) is 45.2 Å². The summed E-state index contributed by atoms with van der Waals surface area (Å²) in [4.78, 5) is 16.3. The van der Waals surface area contributed by atoms with Crippen LogP contribution >= 0.6 is 0 Å². The van der Waals surface area contributed by atoms with Gasteiger partial charge in [0.1, 0.15) is 0 Å². The SMILES string of the molecule is CCC(CC)C(=O)NCc1cc(-c2ccccn2)n(C)n1. The van der Waals surface area contributed by atoms with Crippen molar-refractivity contribution in [3.8, 4) is 11.4 Å². The van der Waals surface area contributed by atoms with E-state index in [1.165, 1.54) is 0 Å². The van der Waals surface area contributed by atoms with E-state index in [0.717, 1.165) is 29.9 Å². The monoisotopic (exact) mass is 286 g/mol. The van der Waals surface area contributed by atoms with Gasteiger partial charge in [-0.15, -0.1) is 0 Å². The summed E-state index contributed by atoms with van der Waals surface area (Å²) in [7, 11) is 1.89. The lowest BCUT2D eigenvalue weighted by molar-refractivity contribution is -0.125. The summed E-state index contributed by atoms with van der Waals surface area (Å²) in [6, 6.07) is 7.75. The molecule has 21 heavy (non-hydrogen) atoms. The van der Waals surface area contributed by atoms with Gasteiger partial charge in [-0.25, -0.2) is 0 Å². The highest BCUT2D eigenvalue weighted by molar-refractivity contribution is 5.78. The van der Waals surface area contributed by atoms with Crippen LogP contribution in [0.3, 0.4) is 0 Å². The summed E-state index contributed by atoms with van der Waals surface area (Å²) >= 11 is 0. The van der Waals surface area contributed by atoms with Crippen molar-refractivity contribution in [3.63, 3.8) is 0 Å². The van der Waals surface area contributed by atoms with Crippen LogP contribution in [0.15, 0.2) is 30.5 Å². The van der Waals surface area contributed by atoms with Crippen LogP contribution in [0, 0.1) is 5.92 Å². The topological polar surface area (TPSA) is 59.8 Å². The van der Waals surface area contributed by atoms with Crippen molar-refractivity contribution in [3.05, 3.63) is 36.2 Å². The maximum Gasteiger partial charge on any atom is 0.223 e. The van der Waals surface area contributed by atoms with Crippen molar-refractivity contribution in [2.45, 2.75) is 33.2 Å². The maximum atomic E-state index is 12.0. The first-order valence-corrected chi connectivity index (χ1v) is 7.37. The molecular weight excluding hydrogens is 264 g/mol. The predicted octanol–water partition coefficient (Wildman–Crippen LogP) is 2.53. The van der Waals surface area contributed by atoms with Crippen LogP contribution in [0.5, 0.6) is 0 Å². The highest BCUT2D eigenvalue weighted by Crippen LogP contribution is 2.17. The second kappa shape index (κ2) is 7.02. The van der Waals surface area contributed by atoms with E-state index in [1.54, 1.807) is 10.9 Å². The molecule has 0 aliphatic heterocycles. The molecule has 0 atom stereocenters. The number of carbonyl (C=O) groups excluding carboxylic acids is 1.